The number of carboxylic acid groups (broad SMARTS) is 1. The first kappa shape index (κ1) is 32.2. The number of hydroxylamine groups is 2. The van der Waals surface area contributed by atoms with E-state index < -0.39 is 64.8 Å². The molecule has 4 atom stereocenters. The van der Waals surface area contributed by atoms with Crippen molar-refractivity contribution in [2.75, 3.05) is 32.8 Å². The van der Waals surface area contributed by atoms with Gasteiger partial charge in [-0.3, -0.25) is 14.7 Å². The number of nitrogens with one attached hydrogen (secondary N) is 1. The summed E-state index contributed by atoms with van der Waals surface area (Å²) >= 11 is 7.39. The van der Waals surface area contributed by atoms with Crippen LogP contribution in [0.3, 0.4) is 0 Å². The first-order valence-corrected chi connectivity index (χ1v) is 14.8. The van der Waals surface area contributed by atoms with E-state index in [0.717, 1.165) is 18.1 Å². The molecule has 5 rings (SSSR count). The number of hydrogen-bond acceptors (Lipinski definition) is 11. The first-order valence-electron chi connectivity index (χ1n) is 13.5. The lowest BCUT2D eigenvalue weighted by molar-refractivity contribution is -0.190. The highest BCUT2D eigenvalue weighted by Gasteiger charge is 2.61. The van der Waals surface area contributed by atoms with Crippen LogP contribution in [0.2, 0.25) is 5.02 Å². The van der Waals surface area contributed by atoms with E-state index >= 15 is 8.78 Å². The lowest BCUT2D eigenvalue weighted by atomic mass is 9.95. The highest BCUT2D eigenvalue weighted by atomic mass is 35.5. The summed E-state index contributed by atoms with van der Waals surface area (Å²) in [4.78, 5) is 40.4. The number of halogens is 5. The Morgan fingerprint density at radius 1 is 1.34 bits per heavy atom. The van der Waals surface area contributed by atoms with Crippen molar-refractivity contribution >= 4 is 40.7 Å². The normalized spacial score (nSPS) is 24.9. The Labute approximate surface area is 257 Å². The summed E-state index contributed by atoms with van der Waals surface area (Å²) in [6, 6.07) is -1.65. The van der Waals surface area contributed by atoms with E-state index in [1.54, 1.807) is 12.3 Å². The molecule has 238 valence electrons. The second kappa shape index (κ2) is 12.3. The summed E-state index contributed by atoms with van der Waals surface area (Å²) in [5, 5.41) is 24.7. The number of aromatic nitrogens is 1. The Morgan fingerprint density at radius 3 is 2.75 bits per heavy atom. The van der Waals surface area contributed by atoms with Gasteiger partial charge in [-0.15, -0.1) is 11.3 Å². The van der Waals surface area contributed by atoms with Gasteiger partial charge in [-0.1, -0.05) is 17.7 Å². The van der Waals surface area contributed by atoms with E-state index in [1.165, 1.54) is 28.5 Å². The average molecular weight is 662 g/mol. The van der Waals surface area contributed by atoms with Crippen LogP contribution in [-0.2, 0) is 19.2 Å². The second-order valence-electron chi connectivity index (χ2n) is 10.7. The molecular formula is C27H28ClF4N5O6S. The monoisotopic (exact) mass is 661 g/mol. The summed E-state index contributed by atoms with van der Waals surface area (Å²) in [6.45, 7) is 1.11. The van der Waals surface area contributed by atoms with Crippen molar-refractivity contribution in [3.8, 4) is 0 Å². The van der Waals surface area contributed by atoms with Crippen LogP contribution < -0.4 is 5.32 Å². The largest absolute Gasteiger partial charge is 0.479 e. The number of fused-ring (bicyclic) bond motifs is 1. The molecule has 17 heteroatoms. The molecule has 1 aromatic carbocycles. The molecule has 0 saturated carbocycles. The molecule has 3 aliphatic rings. The lowest BCUT2D eigenvalue weighted by Gasteiger charge is -2.30. The quantitative estimate of drug-likeness (QED) is 0.198. The van der Waals surface area contributed by atoms with Crippen LogP contribution in [0.4, 0.5) is 17.6 Å². The molecule has 44 heavy (non-hydrogen) atoms. The number of carbonyl (C=O) groups is 2. The third-order valence-corrected chi connectivity index (χ3v) is 8.82. The van der Waals surface area contributed by atoms with Crippen molar-refractivity contribution in [3.05, 3.63) is 62.2 Å². The fraction of sp³-hybridized carbons (Fsp3) is 0.481. The number of amidine groups is 1. The van der Waals surface area contributed by atoms with Gasteiger partial charge in [-0.25, -0.2) is 32.1 Å². The number of hydrogen-bond donors (Lipinski definition) is 3. The van der Waals surface area contributed by atoms with Crippen molar-refractivity contribution in [3.63, 3.8) is 0 Å². The summed E-state index contributed by atoms with van der Waals surface area (Å²) in [6.07, 6.45) is 1.14. The molecule has 0 aliphatic carbocycles. The number of aliphatic carboxylic acids is 1. The SMILES string of the molecule is CCOC(=O)C1=C(CN2CC(F)(F)[C@@H]3[C@H]2CON3CC[C@](C)(O)C(=O)O)NC(c2nccs2)=N[C@H]1c1ccc(F)c(F)c1Cl. The minimum atomic E-state index is -3.33. The number of benzene rings is 1. The van der Waals surface area contributed by atoms with Crippen LogP contribution in [-0.4, -0.2) is 99.4 Å². The van der Waals surface area contributed by atoms with Gasteiger partial charge in [0, 0.05) is 42.3 Å². The van der Waals surface area contributed by atoms with Gasteiger partial charge in [0.2, 0.25) is 0 Å². The number of alkyl halides is 2. The molecule has 0 unspecified atom stereocenters. The number of esters is 1. The molecule has 1 aromatic heterocycles. The highest BCUT2D eigenvalue weighted by Crippen LogP contribution is 2.42. The van der Waals surface area contributed by atoms with Crippen LogP contribution >= 0.6 is 22.9 Å². The number of carboxylic acids is 1. The smallest absolute Gasteiger partial charge is 0.338 e. The van der Waals surface area contributed by atoms with Crippen LogP contribution in [0.5, 0.6) is 0 Å². The number of thiazole rings is 1. The summed E-state index contributed by atoms with van der Waals surface area (Å²) < 4.78 is 64.8. The van der Waals surface area contributed by atoms with E-state index in [9.17, 15) is 28.6 Å². The van der Waals surface area contributed by atoms with Crippen molar-refractivity contribution in [2.24, 2.45) is 4.99 Å². The standard InChI is InChI=1S/C27H28ClF4N5O6S/c1-3-42-24(38)17-15(10-36-12-27(31,32)21-16(36)11-43-37(21)8-6-26(2,41)25(39)40)34-22(23-33-7-9-44-23)35-20(17)13-4-5-14(29)19(30)18(13)28/h4-5,7,9,16,20-21,41H,3,6,8,10-12H2,1-2H3,(H,34,35)(H,39,40)/t16-,20+,21+,26+/m1/s1. The fourth-order valence-electron chi connectivity index (χ4n) is 5.42. The molecule has 3 N–H and O–H groups in total. The average Bonchev–Trinajstić information content (AvgIpc) is 3.70. The van der Waals surface area contributed by atoms with Gasteiger partial charge in [-0.2, -0.15) is 5.06 Å². The molecule has 0 bridgehead atoms. The van der Waals surface area contributed by atoms with Crippen molar-refractivity contribution < 1.29 is 46.9 Å². The highest BCUT2D eigenvalue weighted by molar-refractivity contribution is 7.11. The Bertz CT molecular complexity index is 1510. The Morgan fingerprint density at radius 2 is 2.09 bits per heavy atom. The Balaban J connectivity index is 1.52. The van der Waals surface area contributed by atoms with E-state index in [0.29, 0.717) is 5.01 Å². The summed E-state index contributed by atoms with van der Waals surface area (Å²) in [7, 11) is 0. The zero-order chi connectivity index (χ0) is 32.0. The lowest BCUT2D eigenvalue weighted by Crippen LogP contribution is -2.47. The third-order valence-electron chi connectivity index (χ3n) is 7.66. The van der Waals surface area contributed by atoms with Gasteiger partial charge in [0.05, 0.1) is 36.4 Å². The molecule has 11 nitrogen and oxygen atoms in total. The minimum Gasteiger partial charge on any atom is -0.479 e. The predicted molar refractivity (Wildman–Crippen MR) is 149 cm³/mol. The van der Waals surface area contributed by atoms with Gasteiger partial charge in [0.15, 0.2) is 28.1 Å². The Kier molecular flexibility index (Phi) is 9.04. The van der Waals surface area contributed by atoms with E-state index in [1.807, 2.05) is 0 Å². The number of ether oxygens (including phenoxy) is 1. The number of rotatable bonds is 10. The number of aliphatic imine (C=N–C) groups is 1. The number of carbonyl (C=O) groups excluding carboxylic acids is 1. The maximum absolute atomic E-state index is 15.5. The molecule has 3 aliphatic heterocycles. The van der Waals surface area contributed by atoms with Crippen LogP contribution in [0.15, 0.2) is 40.0 Å². The van der Waals surface area contributed by atoms with Gasteiger partial charge >= 0.3 is 11.9 Å². The number of nitrogens with zero attached hydrogens (tertiary/aromatic N) is 4. The van der Waals surface area contributed by atoms with Gasteiger partial charge < -0.3 is 20.3 Å². The first-order chi connectivity index (χ1) is 20.7. The topological polar surface area (TPSA) is 137 Å². The van der Waals surface area contributed by atoms with Crippen molar-refractivity contribution in [1.29, 1.82) is 0 Å². The minimum absolute atomic E-state index is 0.0489. The number of likely N-dealkylation sites (tertiary alicyclic amines) is 1. The molecule has 0 radical (unpaired) electrons. The van der Waals surface area contributed by atoms with E-state index in [-0.39, 0.29) is 55.4 Å². The van der Waals surface area contributed by atoms with Gasteiger partial charge in [0.1, 0.15) is 12.1 Å². The Hall–Kier alpha value is -3.15. The molecule has 2 aromatic rings. The molecule has 2 fully saturated rings. The number of aliphatic hydroxyl groups is 1. The van der Waals surface area contributed by atoms with Crippen LogP contribution in [0.25, 0.3) is 0 Å². The van der Waals surface area contributed by atoms with Gasteiger partial charge in [0.25, 0.3) is 5.92 Å². The molecule has 2 saturated heterocycles. The summed E-state index contributed by atoms with van der Waals surface area (Å²) in [5.41, 5.74) is -2.23. The van der Waals surface area contributed by atoms with E-state index in [2.05, 4.69) is 15.3 Å². The molecule has 0 amide bonds. The molecular weight excluding hydrogens is 634 g/mol. The maximum Gasteiger partial charge on any atom is 0.338 e. The van der Waals surface area contributed by atoms with E-state index in [4.69, 9.17) is 21.2 Å². The third kappa shape index (κ3) is 6.06. The fourth-order valence-corrected chi connectivity index (χ4v) is 6.27. The van der Waals surface area contributed by atoms with Crippen molar-refractivity contribution in [1.82, 2.24) is 20.3 Å². The van der Waals surface area contributed by atoms with Crippen LogP contribution in [0.1, 0.15) is 36.9 Å². The van der Waals surface area contributed by atoms with Crippen LogP contribution in [0, 0.1) is 11.6 Å². The van der Waals surface area contributed by atoms with Crippen molar-refractivity contribution in [2.45, 2.75) is 49.9 Å². The second-order valence-corrected chi connectivity index (χ2v) is 11.9. The summed E-state index contributed by atoms with van der Waals surface area (Å²) in [5.74, 6) is -8.10. The van der Waals surface area contributed by atoms with Gasteiger partial charge in [-0.05, 0) is 19.9 Å². The molecule has 0 spiro atoms. The maximum atomic E-state index is 15.5. The zero-order valence-electron chi connectivity index (χ0n) is 23.4. The predicted octanol–water partition coefficient (Wildman–Crippen LogP) is 3.14. The molecule has 4 heterocycles. The zero-order valence-corrected chi connectivity index (χ0v) is 25.0.